The highest BCUT2D eigenvalue weighted by molar-refractivity contribution is 8.09. The van der Waals surface area contributed by atoms with Crippen LogP contribution in [0, 0.1) is 0 Å². The van der Waals surface area contributed by atoms with Gasteiger partial charge in [-0.2, -0.15) is 4.98 Å². The lowest BCUT2D eigenvalue weighted by molar-refractivity contribution is -0.147. The van der Waals surface area contributed by atoms with E-state index < -0.39 is 51.9 Å². The molecule has 3 atom stereocenters. The van der Waals surface area contributed by atoms with Crippen molar-refractivity contribution in [2.24, 2.45) is 0 Å². The van der Waals surface area contributed by atoms with Gasteiger partial charge in [0, 0.05) is 60.2 Å². The number of carbonyl (C=O) groups excluding carboxylic acids is 3. The number of carboxylic acid groups (broad SMARTS) is 2. The lowest BCUT2D eigenvalue weighted by Crippen LogP contribution is -2.53. The molecule has 3 fully saturated rings. The largest absolute Gasteiger partial charge is 0.480 e. The second-order valence-electron chi connectivity index (χ2n) is 17.8. The molecular formula is C48H48N6O11S2. The number of carboxylic acids is 2. The van der Waals surface area contributed by atoms with Gasteiger partial charge in [0.15, 0.2) is 5.58 Å². The molecule has 4 N–H and O–H groups in total. The Morgan fingerprint density at radius 3 is 2.46 bits per heavy atom. The quantitative estimate of drug-likeness (QED) is 0.100. The number of anilines is 3. The number of hydrogen-bond donors (Lipinski definition) is 4. The van der Waals surface area contributed by atoms with E-state index >= 15 is 0 Å². The first-order valence-corrected chi connectivity index (χ1v) is 24.9. The van der Waals surface area contributed by atoms with E-state index in [0.29, 0.717) is 78.5 Å². The van der Waals surface area contributed by atoms with Crippen LogP contribution in [0.25, 0.3) is 26.8 Å². The third-order valence-corrected chi connectivity index (χ3v) is 16.9. The zero-order valence-corrected chi connectivity index (χ0v) is 38.1. The molecule has 5 aliphatic rings. The molecule has 0 saturated carbocycles. The summed E-state index contributed by atoms with van der Waals surface area (Å²) < 4.78 is 40.7. The smallest absolute Gasteiger partial charge is 0.329 e. The number of nitrogens with zero attached hydrogens (tertiary/aromatic N) is 4. The number of benzene rings is 4. The Morgan fingerprint density at radius 2 is 1.72 bits per heavy atom. The van der Waals surface area contributed by atoms with Crippen LogP contribution < -0.4 is 20.4 Å². The van der Waals surface area contributed by atoms with Gasteiger partial charge < -0.3 is 29.6 Å². The van der Waals surface area contributed by atoms with Crippen molar-refractivity contribution in [2.45, 2.75) is 80.6 Å². The van der Waals surface area contributed by atoms with Gasteiger partial charge >= 0.3 is 11.9 Å². The number of aromatic nitrogens is 1. The van der Waals surface area contributed by atoms with E-state index in [4.69, 9.17) is 19.2 Å². The molecule has 3 saturated heterocycles. The van der Waals surface area contributed by atoms with Crippen LogP contribution >= 0.6 is 11.8 Å². The van der Waals surface area contributed by atoms with Gasteiger partial charge in [0.2, 0.25) is 21.8 Å². The van der Waals surface area contributed by atoms with Gasteiger partial charge in [-0.25, -0.2) is 17.5 Å². The number of oxazole rings is 1. The van der Waals surface area contributed by atoms with Crippen LogP contribution in [0.15, 0.2) is 82.8 Å². The van der Waals surface area contributed by atoms with Crippen molar-refractivity contribution in [1.82, 2.24) is 14.6 Å². The number of sulfonamides is 1. The van der Waals surface area contributed by atoms with Crippen LogP contribution in [0.1, 0.15) is 78.4 Å². The molecule has 19 heteroatoms. The molecule has 0 aliphatic carbocycles. The fourth-order valence-corrected chi connectivity index (χ4v) is 13.1. The third-order valence-electron chi connectivity index (χ3n) is 13.6. The Morgan fingerprint density at radius 1 is 0.940 bits per heavy atom. The minimum Gasteiger partial charge on any atom is -0.480 e. The fourth-order valence-electron chi connectivity index (χ4n) is 10.2. The number of thioether (sulfide) groups is 1. The molecule has 0 bridgehead atoms. The molecule has 1 aromatic heterocycles. The highest BCUT2D eigenvalue weighted by Crippen LogP contribution is 2.47. The van der Waals surface area contributed by atoms with Gasteiger partial charge in [0.05, 0.1) is 11.4 Å². The van der Waals surface area contributed by atoms with Crippen molar-refractivity contribution in [3.8, 4) is 0 Å². The van der Waals surface area contributed by atoms with Crippen LogP contribution in [0.4, 0.5) is 17.4 Å². The summed E-state index contributed by atoms with van der Waals surface area (Å²) in [6.07, 6.45) is 2.37. The number of fused-ring (bicyclic) bond motifs is 1. The average Bonchev–Trinajstić information content (AvgIpc) is 3.98. The molecule has 10 rings (SSSR count). The van der Waals surface area contributed by atoms with Crippen LogP contribution in [-0.2, 0) is 39.7 Å². The van der Waals surface area contributed by atoms with Crippen molar-refractivity contribution < 1.29 is 51.8 Å². The zero-order chi connectivity index (χ0) is 46.7. The van der Waals surface area contributed by atoms with Crippen LogP contribution in [0.5, 0.6) is 0 Å². The Hall–Kier alpha value is -6.28. The molecule has 17 nitrogen and oxygen atoms in total. The minimum absolute atomic E-state index is 0.00743. The van der Waals surface area contributed by atoms with Gasteiger partial charge in [0.25, 0.3) is 11.9 Å². The van der Waals surface area contributed by atoms with Gasteiger partial charge in [-0.05, 0) is 109 Å². The van der Waals surface area contributed by atoms with Crippen LogP contribution in [0.2, 0.25) is 0 Å². The molecule has 5 aliphatic heterocycles. The molecular weight excluding hydrogens is 901 g/mol. The number of rotatable bonds is 13. The third kappa shape index (κ3) is 8.53. The van der Waals surface area contributed by atoms with Crippen LogP contribution in [-0.4, -0.2) is 114 Å². The summed E-state index contributed by atoms with van der Waals surface area (Å²) in [6.45, 7) is 3.19. The normalized spacial score (nSPS) is 22.0. The first kappa shape index (κ1) is 44.6. The zero-order valence-electron chi connectivity index (χ0n) is 36.5. The molecule has 67 heavy (non-hydrogen) atoms. The summed E-state index contributed by atoms with van der Waals surface area (Å²) in [4.78, 5) is 70.6. The maximum Gasteiger partial charge on any atom is 0.329 e. The molecule has 0 spiro atoms. The summed E-state index contributed by atoms with van der Waals surface area (Å²) >= 11 is 1.14. The summed E-state index contributed by atoms with van der Waals surface area (Å²) in [7, 11) is -3.65. The first-order valence-electron chi connectivity index (χ1n) is 22.4. The monoisotopic (exact) mass is 948 g/mol. The van der Waals surface area contributed by atoms with Crippen LogP contribution in [0.3, 0.4) is 0 Å². The highest BCUT2D eigenvalue weighted by atomic mass is 32.2. The van der Waals surface area contributed by atoms with E-state index in [2.05, 4.69) is 21.6 Å². The SMILES string of the molecule is CC1=C(c2cccc(NC3CCN(S(=O)(=O)Cc4ccc5oc(N6CCC(c7ccc8c9c(cccc79)C(=O)N8C7CCC(=O)NC7=O)CC6)nc5c4)CC3)c2)SC(C(=O)O)C1OCC(=O)O. The Labute approximate surface area is 389 Å². The fraction of sp³-hybridized carbons (Fsp3) is 0.375. The van der Waals surface area contributed by atoms with Crippen molar-refractivity contribution >= 4 is 95.6 Å². The number of hydrogen-bond acceptors (Lipinski definition) is 13. The number of ether oxygens (including phenoxy) is 1. The maximum atomic E-state index is 13.7. The van der Waals surface area contributed by atoms with Crippen molar-refractivity contribution in [2.75, 3.05) is 47.9 Å². The second kappa shape index (κ2) is 17.7. The number of amides is 3. The van der Waals surface area contributed by atoms with Crippen molar-refractivity contribution in [1.29, 1.82) is 0 Å². The number of aliphatic carboxylic acids is 2. The molecule has 5 aromatic rings. The van der Waals surface area contributed by atoms with Gasteiger partial charge in [-0.3, -0.25) is 29.4 Å². The van der Waals surface area contributed by atoms with E-state index in [-0.39, 0.29) is 42.4 Å². The van der Waals surface area contributed by atoms with Gasteiger partial charge in [-0.15, -0.1) is 11.8 Å². The Balaban J connectivity index is 0.749. The molecule has 3 amide bonds. The molecule has 348 valence electrons. The van der Waals surface area contributed by atoms with Crippen molar-refractivity contribution in [3.63, 3.8) is 0 Å². The lowest BCUT2D eigenvalue weighted by Gasteiger charge is -2.32. The minimum atomic E-state index is -3.65. The number of imide groups is 1. The summed E-state index contributed by atoms with van der Waals surface area (Å²) in [5, 5.41) is 25.7. The number of nitrogens with one attached hydrogen (secondary N) is 2. The number of piperidine rings is 3. The molecule has 4 aromatic carbocycles. The Kier molecular flexibility index (Phi) is 11.8. The molecule has 6 heterocycles. The van der Waals surface area contributed by atoms with E-state index in [1.807, 2.05) is 42.5 Å². The van der Waals surface area contributed by atoms with E-state index in [1.165, 1.54) is 4.31 Å². The van der Waals surface area contributed by atoms with Gasteiger partial charge in [0.1, 0.15) is 29.5 Å². The number of carbonyl (C=O) groups is 5. The predicted molar refractivity (Wildman–Crippen MR) is 251 cm³/mol. The van der Waals surface area contributed by atoms with E-state index in [1.54, 1.807) is 36.1 Å². The van der Waals surface area contributed by atoms with Gasteiger partial charge in [-0.1, -0.05) is 36.4 Å². The summed E-state index contributed by atoms with van der Waals surface area (Å²) in [5.74, 6) is -3.24. The van der Waals surface area contributed by atoms with Crippen molar-refractivity contribution in [3.05, 3.63) is 101 Å². The first-order chi connectivity index (χ1) is 32.2. The topological polar surface area (TPSA) is 229 Å². The lowest BCUT2D eigenvalue weighted by atomic mass is 9.85. The summed E-state index contributed by atoms with van der Waals surface area (Å²) in [6, 6.07) is 22.3. The predicted octanol–water partition coefficient (Wildman–Crippen LogP) is 5.94. The summed E-state index contributed by atoms with van der Waals surface area (Å²) in [5.41, 5.74) is 6.40. The highest BCUT2D eigenvalue weighted by Gasteiger charge is 2.42. The maximum absolute atomic E-state index is 13.7. The molecule has 0 radical (unpaired) electrons. The van der Waals surface area contributed by atoms with E-state index in [9.17, 15) is 37.5 Å². The Bertz CT molecular complexity index is 3010. The average molecular weight is 949 g/mol. The second-order valence-corrected chi connectivity index (χ2v) is 20.9. The molecule has 3 unspecified atom stereocenters. The standard InChI is InChI=1S/C48H48N6O11S2/c1-26-42(64-24-40(56)57)44(47(60)61)66-43(26)29-4-2-5-31(23-29)49-30-16-20-53(21-17-30)67(62,63)25-27-8-12-38-35(22-27)50-48(65-38)52-18-14-28(15-19-52)32-9-10-36-41-33(32)6-3-7-34(41)46(59)54(36)37-11-13-39(55)51-45(37)58/h2-10,12,22-23,28,30,37,42,44,49H,11,13-21,24-25H2,1H3,(H,56,57)(H,60,61)(H,51,55,58). The van der Waals surface area contributed by atoms with E-state index in [0.717, 1.165) is 57.1 Å².